The van der Waals surface area contributed by atoms with Crippen molar-refractivity contribution < 1.29 is 9.66 Å². The summed E-state index contributed by atoms with van der Waals surface area (Å²) in [4.78, 5) is 13.6. The van der Waals surface area contributed by atoms with E-state index in [9.17, 15) is 10.1 Å². The van der Waals surface area contributed by atoms with E-state index in [0.717, 1.165) is 19.4 Å². The van der Waals surface area contributed by atoms with Gasteiger partial charge >= 0.3 is 0 Å². The van der Waals surface area contributed by atoms with Crippen molar-refractivity contribution in [2.24, 2.45) is 4.99 Å². The van der Waals surface area contributed by atoms with Gasteiger partial charge in [0.25, 0.3) is 6.54 Å². The molecule has 0 saturated carbocycles. The molecule has 0 aromatic heterocycles. The first kappa shape index (κ1) is 10.9. The number of nitrogens with zero attached hydrogens (tertiary/aromatic N) is 2. The number of nitrogens with one attached hydrogen (secondary N) is 1. The summed E-state index contributed by atoms with van der Waals surface area (Å²) < 4.78 is 5.37. The molecule has 6 nitrogen and oxygen atoms in total. The number of hydrogen-bond donors (Lipinski definition) is 1. The molecule has 1 aliphatic heterocycles. The number of aliphatic imine (C=N–C) groups is 1. The number of nitro groups is 1. The fraction of sp³-hybridized carbons (Fsp3) is 0.875. The number of amidine groups is 1. The van der Waals surface area contributed by atoms with E-state index in [1.807, 2.05) is 0 Å². The summed E-state index contributed by atoms with van der Waals surface area (Å²) in [5.74, 6) is 0.408. The smallest absolute Gasteiger partial charge is 0.259 e. The van der Waals surface area contributed by atoms with Crippen molar-refractivity contribution in [1.82, 2.24) is 5.32 Å². The molecule has 0 amide bonds. The van der Waals surface area contributed by atoms with E-state index >= 15 is 0 Å². The number of ether oxygens (including phenoxy) is 1. The van der Waals surface area contributed by atoms with Crippen LogP contribution in [0.25, 0.3) is 0 Å². The maximum Gasteiger partial charge on any atom is 0.259 e. The van der Waals surface area contributed by atoms with E-state index in [0.29, 0.717) is 12.4 Å². The molecule has 1 N–H and O–H groups in total. The predicted molar refractivity (Wildman–Crippen MR) is 52.2 cm³/mol. The highest BCUT2D eigenvalue weighted by atomic mass is 16.6. The van der Waals surface area contributed by atoms with Crippen LogP contribution >= 0.6 is 0 Å². The second-order valence-electron chi connectivity index (χ2n) is 3.18. The molecule has 0 aliphatic carbocycles. The van der Waals surface area contributed by atoms with Crippen molar-refractivity contribution in [2.75, 3.05) is 26.7 Å². The summed E-state index contributed by atoms with van der Waals surface area (Å²) in [6.45, 7) is 1.16. The molecule has 1 saturated heterocycles. The Hall–Kier alpha value is -1.17. The van der Waals surface area contributed by atoms with Crippen LogP contribution < -0.4 is 5.32 Å². The van der Waals surface area contributed by atoms with E-state index in [1.165, 1.54) is 0 Å². The summed E-state index contributed by atoms with van der Waals surface area (Å²) >= 11 is 0. The molecule has 0 aromatic carbocycles. The summed E-state index contributed by atoms with van der Waals surface area (Å²) in [5.41, 5.74) is 0. The van der Waals surface area contributed by atoms with Gasteiger partial charge in [0.1, 0.15) is 0 Å². The molecule has 1 heterocycles. The van der Waals surface area contributed by atoms with E-state index in [2.05, 4.69) is 10.3 Å². The zero-order chi connectivity index (χ0) is 10.4. The average molecular weight is 201 g/mol. The van der Waals surface area contributed by atoms with Crippen LogP contribution in [-0.2, 0) is 4.74 Å². The van der Waals surface area contributed by atoms with Gasteiger partial charge in [0.2, 0.25) is 0 Å². The van der Waals surface area contributed by atoms with Crippen LogP contribution in [0.3, 0.4) is 0 Å². The molecule has 0 aromatic rings. The molecule has 1 aliphatic rings. The van der Waals surface area contributed by atoms with Gasteiger partial charge in [0.15, 0.2) is 5.84 Å². The normalized spacial score (nSPS) is 22.4. The lowest BCUT2D eigenvalue weighted by Crippen LogP contribution is -2.35. The number of hydrogen-bond acceptors (Lipinski definition) is 4. The van der Waals surface area contributed by atoms with Crippen LogP contribution in [0.4, 0.5) is 0 Å². The first-order valence-electron chi connectivity index (χ1n) is 4.65. The molecule has 1 unspecified atom stereocenters. The first-order chi connectivity index (χ1) is 6.72. The maximum absolute atomic E-state index is 10.2. The van der Waals surface area contributed by atoms with Crippen LogP contribution in [0.1, 0.15) is 12.8 Å². The topological polar surface area (TPSA) is 76.8 Å². The fourth-order valence-electron chi connectivity index (χ4n) is 1.36. The fourth-order valence-corrected chi connectivity index (χ4v) is 1.36. The van der Waals surface area contributed by atoms with Crippen molar-refractivity contribution >= 4 is 5.84 Å². The Balaban J connectivity index is 2.23. The Bertz CT molecular complexity index is 224. The zero-order valence-corrected chi connectivity index (χ0v) is 8.23. The van der Waals surface area contributed by atoms with Gasteiger partial charge in [0, 0.05) is 25.1 Å². The first-order valence-corrected chi connectivity index (χ1v) is 4.65. The Labute approximate surface area is 82.5 Å². The third-order valence-electron chi connectivity index (χ3n) is 2.11. The molecule has 6 heteroatoms. The van der Waals surface area contributed by atoms with Gasteiger partial charge in [-0.1, -0.05) is 0 Å². The summed E-state index contributed by atoms with van der Waals surface area (Å²) in [6, 6.07) is 0. The summed E-state index contributed by atoms with van der Waals surface area (Å²) in [6.07, 6.45) is 2.27. The Morgan fingerprint density at radius 1 is 1.79 bits per heavy atom. The van der Waals surface area contributed by atoms with Crippen LogP contribution in [0.2, 0.25) is 0 Å². The molecule has 14 heavy (non-hydrogen) atoms. The number of rotatable bonds is 4. The largest absolute Gasteiger partial charge is 0.376 e. The van der Waals surface area contributed by atoms with Crippen molar-refractivity contribution in [3.8, 4) is 0 Å². The van der Waals surface area contributed by atoms with Gasteiger partial charge in [-0.05, 0) is 12.8 Å². The monoisotopic (exact) mass is 201 g/mol. The van der Waals surface area contributed by atoms with E-state index < -0.39 is 4.92 Å². The van der Waals surface area contributed by atoms with Crippen molar-refractivity contribution in [1.29, 1.82) is 0 Å². The van der Waals surface area contributed by atoms with Crippen molar-refractivity contribution in [3.63, 3.8) is 0 Å². The predicted octanol–water partition coefficient (Wildman–Crippen LogP) is 0.0600. The van der Waals surface area contributed by atoms with Gasteiger partial charge in [0.05, 0.1) is 6.10 Å². The van der Waals surface area contributed by atoms with Crippen LogP contribution in [0.15, 0.2) is 4.99 Å². The molecule has 80 valence electrons. The van der Waals surface area contributed by atoms with Crippen LogP contribution in [0.5, 0.6) is 0 Å². The van der Waals surface area contributed by atoms with Crippen molar-refractivity contribution in [3.05, 3.63) is 10.1 Å². The highest BCUT2D eigenvalue weighted by molar-refractivity contribution is 5.83. The maximum atomic E-state index is 10.2. The second kappa shape index (κ2) is 5.54. The lowest BCUT2D eigenvalue weighted by Gasteiger charge is -2.11. The molecule has 0 radical (unpaired) electrons. The van der Waals surface area contributed by atoms with Crippen molar-refractivity contribution in [2.45, 2.75) is 18.9 Å². The highest BCUT2D eigenvalue weighted by Gasteiger charge is 2.16. The molecular weight excluding hydrogens is 186 g/mol. The minimum Gasteiger partial charge on any atom is -0.376 e. The van der Waals surface area contributed by atoms with Gasteiger partial charge < -0.3 is 10.1 Å². The Kier molecular flexibility index (Phi) is 4.31. The summed E-state index contributed by atoms with van der Waals surface area (Å²) in [7, 11) is 1.54. The van der Waals surface area contributed by atoms with Gasteiger partial charge in [-0.3, -0.25) is 15.1 Å². The summed E-state index contributed by atoms with van der Waals surface area (Å²) in [5, 5.41) is 13.1. The van der Waals surface area contributed by atoms with Gasteiger partial charge in [-0.15, -0.1) is 0 Å². The third-order valence-corrected chi connectivity index (χ3v) is 2.11. The highest BCUT2D eigenvalue weighted by Crippen LogP contribution is 2.10. The lowest BCUT2D eigenvalue weighted by molar-refractivity contribution is -0.463. The lowest BCUT2D eigenvalue weighted by atomic mass is 10.2. The molecular formula is C8H15N3O3. The van der Waals surface area contributed by atoms with Gasteiger partial charge in [-0.25, -0.2) is 0 Å². The molecule has 0 bridgehead atoms. The second-order valence-corrected chi connectivity index (χ2v) is 3.18. The Morgan fingerprint density at radius 2 is 2.57 bits per heavy atom. The third kappa shape index (κ3) is 3.69. The van der Waals surface area contributed by atoms with E-state index in [4.69, 9.17) is 4.74 Å². The molecule has 1 atom stereocenters. The van der Waals surface area contributed by atoms with E-state index in [-0.39, 0.29) is 12.6 Å². The molecule has 0 spiro atoms. The Morgan fingerprint density at radius 3 is 3.07 bits per heavy atom. The quantitative estimate of drug-likeness (QED) is 0.302. The standard InChI is InChI=1S/C8H15N3O3/c1-9-8(6-11(12)13)10-5-7-3-2-4-14-7/h7H,2-6H2,1H3,(H,9,10). The molecule has 1 rings (SSSR count). The minimum atomic E-state index is -0.398. The van der Waals surface area contributed by atoms with Crippen LogP contribution in [0, 0.1) is 10.1 Å². The SMILES string of the molecule is CN=C(C[N+](=O)[O-])NCC1CCCO1. The molecule has 1 fully saturated rings. The average Bonchev–Trinajstić information content (AvgIpc) is 2.64. The van der Waals surface area contributed by atoms with Gasteiger partial charge in [-0.2, -0.15) is 0 Å². The zero-order valence-electron chi connectivity index (χ0n) is 8.23. The van der Waals surface area contributed by atoms with Crippen LogP contribution in [-0.4, -0.2) is 43.6 Å². The minimum absolute atomic E-state index is 0.179. The van der Waals surface area contributed by atoms with E-state index in [1.54, 1.807) is 7.05 Å².